The van der Waals surface area contributed by atoms with E-state index in [1.165, 1.54) is 0 Å². The van der Waals surface area contributed by atoms with Crippen LogP contribution in [-0.4, -0.2) is 0 Å². The van der Waals surface area contributed by atoms with E-state index in [1.807, 2.05) is 66.7 Å². The van der Waals surface area contributed by atoms with Gasteiger partial charge in [-0.2, -0.15) is 0 Å². The van der Waals surface area contributed by atoms with Gasteiger partial charge in [0.25, 0.3) is 7.37 Å². The number of rotatable bonds is 6. The van der Waals surface area contributed by atoms with Gasteiger partial charge in [-0.05, 0) is 36.4 Å². The quantitative estimate of drug-likeness (QED) is 0.538. The maximum absolute atomic E-state index is 13.5. The molecule has 0 aliphatic heterocycles. The molecule has 0 atom stereocenters. The lowest BCUT2D eigenvalue weighted by molar-refractivity contribution is 0.234. The van der Waals surface area contributed by atoms with Gasteiger partial charge in [0, 0.05) is 10.6 Å². The predicted octanol–water partition coefficient (Wildman–Crippen LogP) is 3.46. The summed E-state index contributed by atoms with van der Waals surface area (Å²) < 4.78 is 19.1. The van der Waals surface area contributed by atoms with Crippen LogP contribution in [0.2, 0.25) is 0 Å². The minimum Gasteiger partial charge on any atom is -0.298 e. The molecule has 0 aliphatic carbocycles. The van der Waals surface area contributed by atoms with Gasteiger partial charge < -0.3 is 0 Å². The van der Waals surface area contributed by atoms with Gasteiger partial charge in [0.05, 0.1) is 5.69 Å². The van der Waals surface area contributed by atoms with Crippen molar-refractivity contribution in [1.82, 2.24) is 5.59 Å². The number of anilines is 1. The van der Waals surface area contributed by atoms with Crippen molar-refractivity contribution < 1.29 is 9.19 Å². The van der Waals surface area contributed by atoms with E-state index in [9.17, 15) is 4.57 Å². The Morgan fingerprint density at radius 1 is 0.652 bits per heavy atom. The van der Waals surface area contributed by atoms with Crippen LogP contribution in [0.4, 0.5) is 5.69 Å². The molecule has 0 radical (unpaired) electrons. The van der Waals surface area contributed by atoms with Gasteiger partial charge in [-0.3, -0.25) is 9.99 Å². The molecule has 3 aromatic rings. The predicted molar refractivity (Wildman–Crippen MR) is 94.0 cm³/mol. The largest absolute Gasteiger partial charge is 0.298 e. The maximum atomic E-state index is 13.5. The number of para-hydroxylation sites is 1. The third-order valence-electron chi connectivity index (χ3n) is 3.34. The van der Waals surface area contributed by atoms with Crippen molar-refractivity contribution in [3.63, 3.8) is 0 Å². The minimum atomic E-state index is -3.23. The lowest BCUT2D eigenvalue weighted by Crippen LogP contribution is -2.27. The molecule has 0 saturated heterocycles. The van der Waals surface area contributed by atoms with Crippen LogP contribution in [0.3, 0.4) is 0 Å². The molecule has 0 aliphatic rings. The molecule has 116 valence electrons. The first kappa shape index (κ1) is 15.5. The molecule has 3 aromatic carbocycles. The Bertz CT molecular complexity index is 736. The van der Waals surface area contributed by atoms with E-state index >= 15 is 0 Å². The van der Waals surface area contributed by atoms with E-state index in [0.717, 1.165) is 5.69 Å². The highest BCUT2D eigenvalue weighted by atomic mass is 31.2. The van der Waals surface area contributed by atoms with Gasteiger partial charge in [0.2, 0.25) is 0 Å². The third-order valence-corrected chi connectivity index (χ3v) is 5.64. The molecule has 0 unspecified atom stereocenters. The molecule has 0 heterocycles. The zero-order valence-electron chi connectivity index (χ0n) is 12.4. The van der Waals surface area contributed by atoms with Gasteiger partial charge in [0.15, 0.2) is 0 Å². The second kappa shape index (κ2) is 7.25. The van der Waals surface area contributed by atoms with Crippen molar-refractivity contribution in [3.05, 3.63) is 91.0 Å². The molecule has 5 heteroatoms. The smallest absolute Gasteiger partial charge is 0.279 e. The molecule has 0 amide bonds. The lowest BCUT2D eigenvalue weighted by atomic mass is 10.3. The molecular weight excluding hydrogens is 307 g/mol. The molecule has 23 heavy (non-hydrogen) atoms. The van der Waals surface area contributed by atoms with Crippen LogP contribution in [-0.2, 0) is 9.19 Å². The molecule has 0 fully saturated rings. The van der Waals surface area contributed by atoms with Crippen LogP contribution in [0.1, 0.15) is 0 Å². The lowest BCUT2D eigenvalue weighted by Gasteiger charge is -2.19. The Labute approximate surface area is 135 Å². The SMILES string of the molecule is O=P(ONNc1ccccc1)(c1ccccc1)c1ccccc1. The summed E-state index contributed by atoms with van der Waals surface area (Å²) in [4.78, 5) is 0. The summed E-state index contributed by atoms with van der Waals surface area (Å²) in [6.45, 7) is 0. The summed E-state index contributed by atoms with van der Waals surface area (Å²) in [6.07, 6.45) is 0. The molecule has 3 rings (SSSR count). The number of nitrogens with one attached hydrogen (secondary N) is 2. The first-order chi connectivity index (χ1) is 11.3. The van der Waals surface area contributed by atoms with Gasteiger partial charge in [-0.25, -0.2) is 4.62 Å². The summed E-state index contributed by atoms with van der Waals surface area (Å²) in [7, 11) is -3.23. The first-order valence-electron chi connectivity index (χ1n) is 7.25. The summed E-state index contributed by atoms with van der Waals surface area (Å²) in [6, 6.07) is 27.9. The van der Waals surface area contributed by atoms with Crippen LogP contribution in [0.25, 0.3) is 0 Å². The third kappa shape index (κ3) is 3.69. The highest BCUT2D eigenvalue weighted by molar-refractivity contribution is 7.74. The van der Waals surface area contributed by atoms with Crippen LogP contribution in [0.5, 0.6) is 0 Å². The van der Waals surface area contributed by atoms with Crippen molar-refractivity contribution in [2.24, 2.45) is 0 Å². The second-order valence-corrected chi connectivity index (χ2v) is 7.23. The molecule has 0 saturated carbocycles. The number of benzene rings is 3. The van der Waals surface area contributed by atoms with Crippen molar-refractivity contribution >= 4 is 23.7 Å². The van der Waals surface area contributed by atoms with E-state index < -0.39 is 7.37 Å². The average molecular weight is 324 g/mol. The topological polar surface area (TPSA) is 50.4 Å². The van der Waals surface area contributed by atoms with Gasteiger partial charge >= 0.3 is 0 Å². The van der Waals surface area contributed by atoms with Crippen molar-refractivity contribution in [1.29, 1.82) is 0 Å². The molecule has 0 aromatic heterocycles. The zero-order chi connectivity index (χ0) is 16.0. The first-order valence-corrected chi connectivity index (χ1v) is 8.87. The van der Waals surface area contributed by atoms with E-state index in [4.69, 9.17) is 4.62 Å². The molecule has 0 spiro atoms. The van der Waals surface area contributed by atoms with E-state index in [1.54, 1.807) is 24.3 Å². The van der Waals surface area contributed by atoms with Crippen LogP contribution in [0, 0.1) is 0 Å². The zero-order valence-corrected chi connectivity index (χ0v) is 13.3. The van der Waals surface area contributed by atoms with Crippen molar-refractivity contribution in [3.8, 4) is 0 Å². The fourth-order valence-electron chi connectivity index (χ4n) is 2.17. The Balaban J connectivity index is 1.83. The van der Waals surface area contributed by atoms with E-state index in [-0.39, 0.29) is 0 Å². The van der Waals surface area contributed by atoms with E-state index in [0.29, 0.717) is 10.6 Å². The van der Waals surface area contributed by atoms with Crippen LogP contribution in [0.15, 0.2) is 91.0 Å². The van der Waals surface area contributed by atoms with Gasteiger partial charge in [-0.1, -0.05) is 54.6 Å². The fourth-order valence-corrected chi connectivity index (χ4v) is 3.98. The van der Waals surface area contributed by atoms with Crippen LogP contribution < -0.4 is 21.6 Å². The normalized spacial score (nSPS) is 11.1. The highest BCUT2D eigenvalue weighted by Crippen LogP contribution is 2.43. The van der Waals surface area contributed by atoms with Crippen molar-refractivity contribution in [2.75, 3.05) is 5.43 Å². The Kier molecular flexibility index (Phi) is 4.89. The van der Waals surface area contributed by atoms with Gasteiger partial charge in [-0.15, -0.1) is 5.59 Å². The number of hydrogen-bond acceptors (Lipinski definition) is 4. The van der Waals surface area contributed by atoms with E-state index in [2.05, 4.69) is 11.0 Å². The maximum Gasteiger partial charge on any atom is 0.279 e. The standard InChI is InChI=1S/C18H17N2O2P/c21-23(17-12-6-2-7-13-17,18-14-8-3-9-15-18)22-20-19-16-10-4-1-5-11-16/h1-15,19-20H. The number of hydrogen-bond donors (Lipinski definition) is 2. The minimum absolute atomic E-state index is 0.633. The van der Waals surface area contributed by atoms with Crippen LogP contribution >= 0.6 is 7.37 Å². The summed E-state index contributed by atoms with van der Waals surface area (Å²) in [5.74, 6) is 0. The highest BCUT2D eigenvalue weighted by Gasteiger charge is 2.28. The Hall–Kier alpha value is -2.39. The summed E-state index contributed by atoms with van der Waals surface area (Å²) >= 11 is 0. The Morgan fingerprint density at radius 2 is 1.09 bits per heavy atom. The number of hydrazine groups is 1. The summed E-state index contributed by atoms with van der Waals surface area (Å²) in [5, 5.41) is 1.27. The van der Waals surface area contributed by atoms with Crippen molar-refractivity contribution in [2.45, 2.75) is 0 Å². The molecule has 4 nitrogen and oxygen atoms in total. The average Bonchev–Trinajstić information content (AvgIpc) is 2.64. The summed E-state index contributed by atoms with van der Waals surface area (Å²) in [5.41, 5.74) is 6.34. The molecular formula is C18H17N2O2P. The second-order valence-electron chi connectivity index (χ2n) is 4.91. The van der Waals surface area contributed by atoms with Gasteiger partial charge in [0.1, 0.15) is 0 Å². The molecule has 2 N–H and O–H groups in total. The fraction of sp³-hybridized carbons (Fsp3) is 0. The molecule has 0 bridgehead atoms. The Morgan fingerprint density at radius 3 is 1.57 bits per heavy atom. The monoisotopic (exact) mass is 324 g/mol.